The van der Waals surface area contributed by atoms with Crippen molar-refractivity contribution in [2.24, 2.45) is 0 Å². The Morgan fingerprint density at radius 1 is 1.27 bits per heavy atom. The first-order chi connectivity index (χ1) is 7.15. The molecule has 0 nitrogen and oxygen atoms in total. The second-order valence-electron chi connectivity index (χ2n) is 3.88. The van der Waals surface area contributed by atoms with E-state index in [-0.39, 0.29) is 0 Å². The Kier molecular flexibility index (Phi) is 4.11. The topological polar surface area (TPSA) is 0 Å². The van der Waals surface area contributed by atoms with Gasteiger partial charge in [0, 0.05) is 0 Å². The SMILES string of the molecule is C=C/C=C\C(=C(C)C)c1cccc(C)c1. The van der Waals surface area contributed by atoms with Gasteiger partial charge in [0.2, 0.25) is 0 Å². The van der Waals surface area contributed by atoms with E-state index in [0.29, 0.717) is 0 Å². The summed E-state index contributed by atoms with van der Waals surface area (Å²) in [6.45, 7) is 10.1. The quantitative estimate of drug-likeness (QED) is 0.626. The standard InChI is InChI=1S/C15H18/c1-5-6-10-15(12(2)3)14-9-7-8-13(4)11-14/h5-11H,1H2,2-4H3/b10-6-. The molecule has 0 bridgehead atoms. The summed E-state index contributed by atoms with van der Waals surface area (Å²) in [5.41, 5.74) is 5.16. The van der Waals surface area contributed by atoms with E-state index in [1.54, 1.807) is 6.08 Å². The van der Waals surface area contributed by atoms with Crippen LogP contribution in [-0.4, -0.2) is 0 Å². The van der Waals surface area contributed by atoms with Gasteiger partial charge in [-0.2, -0.15) is 0 Å². The van der Waals surface area contributed by atoms with Crippen LogP contribution < -0.4 is 0 Å². The summed E-state index contributed by atoms with van der Waals surface area (Å²) in [5.74, 6) is 0. The molecular formula is C15H18. The summed E-state index contributed by atoms with van der Waals surface area (Å²) in [6, 6.07) is 8.55. The van der Waals surface area contributed by atoms with Gasteiger partial charge in [0.25, 0.3) is 0 Å². The Morgan fingerprint density at radius 2 is 2.00 bits per heavy atom. The summed E-state index contributed by atoms with van der Waals surface area (Å²) in [5, 5.41) is 0. The van der Waals surface area contributed by atoms with Crippen LogP contribution >= 0.6 is 0 Å². The molecule has 0 fully saturated rings. The molecule has 0 saturated carbocycles. The molecule has 1 aromatic carbocycles. The minimum atomic E-state index is 1.27. The largest absolute Gasteiger partial charge is 0.0991 e. The average molecular weight is 198 g/mol. The molecule has 0 aliphatic rings. The molecule has 1 aromatic rings. The van der Waals surface area contributed by atoms with Crippen molar-refractivity contribution in [3.05, 3.63) is 65.8 Å². The molecule has 0 heterocycles. The fourth-order valence-corrected chi connectivity index (χ4v) is 1.53. The van der Waals surface area contributed by atoms with E-state index in [1.165, 1.54) is 22.3 Å². The van der Waals surface area contributed by atoms with E-state index >= 15 is 0 Å². The first-order valence-electron chi connectivity index (χ1n) is 5.18. The highest BCUT2D eigenvalue weighted by molar-refractivity contribution is 5.76. The molecule has 0 N–H and O–H groups in total. The zero-order chi connectivity index (χ0) is 11.3. The van der Waals surface area contributed by atoms with Crippen molar-refractivity contribution in [3.8, 4) is 0 Å². The molecule has 0 unspecified atom stereocenters. The molecule has 0 amide bonds. The van der Waals surface area contributed by atoms with Crippen LogP contribution in [0.15, 0.2) is 54.6 Å². The summed E-state index contributed by atoms with van der Waals surface area (Å²) in [4.78, 5) is 0. The molecule has 0 saturated heterocycles. The van der Waals surface area contributed by atoms with E-state index in [0.717, 1.165) is 0 Å². The third kappa shape index (κ3) is 3.25. The van der Waals surface area contributed by atoms with E-state index in [4.69, 9.17) is 0 Å². The molecule has 15 heavy (non-hydrogen) atoms. The Balaban J connectivity index is 3.17. The Bertz CT molecular complexity index is 402. The molecule has 0 atom stereocenters. The van der Waals surface area contributed by atoms with E-state index in [2.05, 4.69) is 57.7 Å². The second-order valence-corrected chi connectivity index (χ2v) is 3.88. The van der Waals surface area contributed by atoms with Gasteiger partial charge in [-0.25, -0.2) is 0 Å². The molecule has 0 radical (unpaired) electrons. The van der Waals surface area contributed by atoms with Gasteiger partial charge in [-0.1, -0.05) is 60.2 Å². The minimum absolute atomic E-state index is 1.27. The zero-order valence-electron chi connectivity index (χ0n) is 9.75. The number of allylic oxidation sites excluding steroid dienone is 5. The van der Waals surface area contributed by atoms with Crippen LogP contribution in [0.3, 0.4) is 0 Å². The fourth-order valence-electron chi connectivity index (χ4n) is 1.53. The number of hydrogen-bond acceptors (Lipinski definition) is 0. The van der Waals surface area contributed by atoms with Gasteiger partial charge in [0.1, 0.15) is 0 Å². The van der Waals surface area contributed by atoms with Crippen LogP contribution in [0.5, 0.6) is 0 Å². The third-order valence-corrected chi connectivity index (χ3v) is 2.27. The molecule has 0 aromatic heterocycles. The zero-order valence-corrected chi connectivity index (χ0v) is 9.75. The number of hydrogen-bond donors (Lipinski definition) is 0. The van der Waals surface area contributed by atoms with Gasteiger partial charge in [-0.3, -0.25) is 0 Å². The molecule has 0 spiro atoms. The third-order valence-electron chi connectivity index (χ3n) is 2.27. The predicted octanol–water partition coefficient (Wildman–Crippen LogP) is 4.53. The summed E-state index contributed by atoms with van der Waals surface area (Å²) in [7, 11) is 0. The Hall–Kier alpha value is -1.56. The molecule has 0 aliphatic heterocycles. The smallest absolute Gasteiger partial charge is 0.0182 e. The highest BCUT2D eigenvalue weighted by Gasteiger charge is 1.99. The maximum Gasteiger partial charge on any atom is -0.0182 e. The van der Waals surface area contributed by atoms with Crippen molar-refractivity contribution in [2.75, 3.05) is 0 Å². The maximum absolute atomic E-state index is 3.69. The summed E-state index contributed by atoms with van der Waals surface area (Å²) < 4.78 is 0. The first-order valence-corrected chi connectivity index (χ1v) is 5.18. The van der Waals surface area contributed by atoms with Crippen molar-refractivity contribution < 1.29 is 0 Å². The lowest BCUT2D eigenvalue weighted by Gasteiger charge is -2.06. The average Bonchev–Trinajstić information content (AvgIpc) is 2.18. The first kappa shape index (κ1) is 11.5. The molecule has 78 valence electrons. The second kappa shape index (κ2) is 5.35. The lowest BCUT2D eigenvalue weighted by atomic mass is 9.99. The van der Waals surface area contributed by atoms with E-state index in [9.17, 15) is 0 Å². The highest BCUT2D eigenvalue weighted by atomic mass is 14.0. The molecule has 1 rings (SSSR count). The lowest BCUT2D eigenvalue weighted by Crippen LogP contribution is -1.85. The van der Waals surface area contributed by atoms with Crippen molar-refractivity contribution >= 4 is 5.57 Å². The number of aryl methyl sites for hydroxylation is 1. The van der Waals surface area contributed by atoms with E-state index in [1.807, 2.05) is 6.08 Å². The van der Waals surface area contributed by atoms with Crippen molar-refractivity contribution in [3.63, 3.8) is 0 Å². The lowest BCUT2D eigenvalue weighted by molar-refractivity contribution is 1.38. The van der Waals surface area contributed by atoms with Crippen LogP contribution in [0.2, 0.25) is 0 Å². The Morgan fingerprint density at radius 3 is 2.53 bits per heavy atom. The predicted molar refractivity (Wildman–Crippen MR) is 68.8 cm³/mol. The fraction of sp³-hybridized carbons (Fsp3) is 0.200. The normalized spacial score (nSPS) is 10.3. The molecule has 0 heteroatoms. The minimum Gasteiger partial charge on any atom is -0.0991 e. The maximum atomic E-state index is 3.69. The van der Waals surface area contributed by atoms with Crippen LogP contribution in [0.1, 0.15) is 25.0 Å². The van der Waals surface area contributed by atoms with Crippen molar-refractivity contribution in [2.45, 2.75) is 20.8 Å². The monoisotopic (exact) mass is 198 g/mol. The summed E-state index contributed by atoms with van der Waals surface area (Å²) >= 11 is 0. The van der Waals surface area contributed by atoms with Gasteiger partial charge in [0.05, 0.1) is 0 Å². The van der Waals surface area contributed by atoms with Gasteiger partial charge in [0.15, 0.2) is 0 Å². The summed E-state index contributed by atoms with van der Waals surface area (Å²) in [6.07, 6.45) is 5.89. The van der Waals surface area contributed by atoms with Gasteiger partial charge in [-0.15, -0.1) is 0 Å². The highest BCUT2D eigenvalue weighted by Crippen LogP contribution is 2.20. The van der Waals surface area contributed by atoms with Crippen molar-refractivity contribution in [1.82, 2.24) is 0 Å². The van der Waals surface area contributed by atoms with E-state index < -0.39 is 0 Å². The van der Waals surface area contributed by atoms with Crippen LogP contribution in [0, 0.1) is 6.92 Å². The molecule has 0 aliphatic carbocycles. The van der Waals surface area contributed by atoms with Crippen LogP contribution in [-0.2, 0) is 0 Å². The van der Waals surface area contributed by atoms with Gasteiger partial charge >= 0.3 is 0 Å². The van der Waals surface area contributed by atoms with Gasteiger partial charge < -0.3 is 0 Å². The van der Waals surface area contributed by atoms with Crippen LogP contribution in [0.25, 0.3) is 5.57 Å². The Labute approximate surface area is 92.6 Å². The van der Waals surface area contributed by atoms with Crippen molar-refractivity contribution in [1.29, 1.82) is 0 Å². The van der Waals surface area contributed by atoms with Gasteiger partial charge in [-0.05, 0) is 31.9 Å². The molecular weight excluding hydrogens is 180 g/mol. The number of rotatable bonds is 3. The van der Waals surface area contributed by atoms with Crippen LogP contribution in [0.4, 0.5) is 0 Å². The number of benzene rings is 1.